The SMILES string of the molecule is CC.CC.CC.CC.CCNc1nc(N)n(-c2ccc3ccccc3n2)n1.CCNc1nc(N)n(-c2ccc3ccccc3n2)n1.CCNc1nc(N)nn1-c1ccc2ccccc2n1.CCNc1nc(N)nn1-c1ccc2ccccc2n1. The molecule has 24 nitrogen and oxygen atoms in total. The predicted molar refractivity (Wildman–Crippen MR) is 346 cm³/mol. The van der Waals surface area contributed by atoms with Crippen LogP contribution in [0.15, 0.2) is 146 Å². The minimum atomic E-state index is 0.228. The maximum Gasteiger partial charge on any atom is 0.244 e. The summed E-state index contributed by atoms with van der Waals surface area (Å²) in [5, 5.41) is 33.5. The summed E-state index contributed by atoms with van der Waals surface area (Å²) >= 11 is 0. The summed E-state index contributed by atoms with van der Waals surface area (Å²) in [5.74, 6) is 6.02. The largest absolute Gasteiger partial charge is 0.368 e. The average molecular weight is 1140 g/mol. The van der Waals surface area contributed by atoms with E-state index in [0.29, 0.717) is 59.0 Å². The van der Waals surface area contributed by atoms with Gasteiger partial charge in [-0.3, -0.25) is 0 Å². The standard InChI is InChI=1S/4C13H14N6.4C2H6/c2*1-2-15-13-17-12(14)19(18-13)11-8-7-9-5-3-4-6-10(9)16-11;2*1-2-15-13-17-12(14)18-19(13)11-8-7-9-5-3-4-6-10(9)16-11;4*1-2/h4*3-8H,2H2,1H3,(H3,14,15,17,18);4*1-2H3. The number of nitrogens with zero attached hydrogens (tertiary/aromatic N) is 16. The molecule has 4 aromatic carbocycles. The van der Waals surface area contributed by atoms with Crippen LogP contribution in [-0.2, 0) is 0 Å². The van der Waals surface area contributed by atoms with Gasteiger partial charge < -0.3 is 44.2 Å². The van der Waals surface area contributed by atoms with Crippen LogP contribution < -0.4 is 44.2 Å². The van der Waals surface area contributed by atoms with Crippen LogP contribution >= 0.6 is 0 Å². The molecule has 12 N–H and O–H groups in total. The molecule has 8 heterocycles. The first-order valence-corrected chi connectivity index (χ1v) is 28.4. The van der Waals surface area contributed by atoms with Crippen molar-refractivity contribution in [1.82, 2.24) is 79.0 Å². The molecular weight excluding hydrogens is 1060 g/mol. The molecule has 0 fully saturated rings. The summed E-state index contributed by atoms with van der Waals surface area (Å²) in [5.41, 5.74) is 26.6. The fourth-order valence-corrected chi connectivity index (χ4v) is 7.67. The highest BCUT2D eigenvalue weighted by Gasteiger charge is 2.14. The number of rotatable bonds is 12. The van der Waals surface area contributed by atoms with E-state index in [0.717, 1.165) is 69.8 Å². The Balaban J connectivity index is 0.000000197. The Labute approximate surface area is 490 Å². The molecule has 0 saturated carbocycles. The molecule has 84 heavy (non-hydrogen) atoms. The monoisotopic (exact) mass is 1140 g/mol. The van der Waals surface area contributed by atoms with Gasteiger partial charge in [0.25, 0.3) is 0 Å². The number of nitrogen functional groups attached to an aromatic ring is 4. The van der Waals surface area contributed by atoms with Crippen molar-refractivity contribution in [3.63, 3.8) is 0 Å². The fraction of sp³-hybridized carbons (Fsp3) is 0.267. The highest BCUT2D eigenvalue weighted by Crippen LogP contribution is 2.21. The fourth-order valence-electron chi connectivity index (χ4n) is 7.67. The van der Waals surface area contributed by atoms with Crippen molar-refractivity contribution in [3.05, 3.63) is 146 Å². The molecule has 440 valence electrons. The Hall–Kier alpha value is -10.5. The number of nitrogens with one attached hydrogen (secondary N) is 4. The molecule has 0 amide bonds. The van der Waals surface area contributed by atoms with Crippen molar-refractivity contribution >= 4 is 91.2 Å². The quantitative estimate of drug-likeness (QED) is 0.0563. The van der Waals surface area contributed by atoms with Gasteiger partial charge in [0.2, 0.25) is 47.6 Å². The van der Waals surface area contributed by atoms with E-state index in [1.165, 1.54) is 9.36 Å². The lowest BCUT2D eigenvalue weighted by Crippen LogP contribution is -2.07. The van der Waals surface area contributed by atoms with Crippen LogP contribution in [0.4, 0.5) is 47.6 Å². The molecule has 0 radical (unpaired) electrons. The lowest BCUT2D eigenvalue weighted by atomic mass is 10.2. The van der Waals surface area contributed by atoms with E-state index < -0.39 is 0 Å². The Morgan fingerprint density at radius 1 is 0.298 bits per heavy atom. The van der Waals surface area contributed by atoms with Crippen molar-refractivity contribution in [2.75, 3.05) is 70.4 Å². The molecule has 0 saturated heterocycles. The Morgan fingerprint density at radius 2 is 0.560 bits per heavy atom. The summed E-state index contributed by atoms with van der Waals surface area (Å²) in [4.78, 5) is 34.7. The molecule has 0 spiro atoms. The first-order valence-electron chi connectivity index (χ1n) is 28.4. The van der Waals surface area contributed by atoms with E-state index >= 15 is 0 Å². The van der Waals surface area contributed by atoms with Gasteiger partial charge in [-0.1, -0.05) is 128 Å². The normalized spacial score (nSPS) is 10.0. The third kappa shape index (κ3) is 16.8. The summed E-state index contributed by atoms with van der Waals surface area (Å²) in [7, 11) is 0. The van der Waals surface area contributed by atoms with Crippen molar-refractivity contribution in [3.8, 4) is 23.3 Å². The zero-order chi connectivity index (χ0) is 61.0. The number of para-hydroxylation sites is 4. The molecule has 0 atom stereocenters. The predicted octanol–water partition coefficient (Wildman–Crippen LogP) is 11.4. The number of aromatic nitrogens is 16. The van der Waals surface area contributed by atoms with Gasteiger partial charge in [0, 0.05) is 47.7 Å². The lowest BCUT2D eigenvalue weighted by molar-refractivity contribution is 0.854. The van der Waals surface area contributed by atoms with Gasteiger partial charge in [-0.2, -0.15) is 38.7 Å². The molecule has 0 aliphatic rings. The first-order chi connectivity index (χ1) is 41.1. The molecule has 0 aliphatic heterocycles. The summed E-state index contributed by atoms with van der Waals surface area (Å²) in [6, 6.07) is 47.2. The highest BCUT2D eigenvalue weighted by atomic mass is 15.5. The van der Waals surface area contributed by atoms with Gasteiger partial charge in [0.1, 0.15) is 0 Å². The summed E-state index contributed by atoms with van der Waals surface area (Å²) in [6.45, 7) is 26.9. The Kier molecular flexibility index (Phi) is 25.5. The first kappa shape index (κ1) is 64.3. The van der Waals surface area contributed by atoms with Gasteiger partial charge in [-0.25, -0.2) is 19.9 Å². The minimum Gasteiger partial charge on any atom is -0.368 e. The second-order valence-electron chi connectivity index (χ2n) is 16.4. The molecule has 24 heteroatoms. The van der Waals surface area contributed by atoms with E-state index in [2.05, 4.69) is 81.5 Å². The van der Waals surface area contributed by atoms with Gasteiger partial charge in [0.05, 0.1) is 22.1 Å². The molecule has 0 bridgehead atoms. The molecule has 0 unspecified atom stereocenters. The topological polar surface area (TPSA) is 327 Å². The lowest BCUT2D eigenvalue weighted by Gasteiger charge is -2.06. The molecule has 8 aromatic heterocycles. The van der Waals surface area contributed by atoms with Crippen molar-refractivity contribution < 1.29 is 0 Å². The number of nitrogens with two attached hydrogens (primary N) is 4. The van der Waals surface area contributed by atoms with Crippen LogP contribution in [-0.4, -0.2) is 105 Å². The number of anilines is 8. The number of pyridine rings is 4. The summed E-state index contributed by atoms with van der Waals surface area (Å²) in [6.07, 6.45) is 0. The maximum absolute atomic E-state index is 5.86. The van der Waals surface area contributed by atoms with Crippen LogP contribution in [0, 0.1) is 0 Å². The van der Waals surface area contributed by atoms with Crippen LogP contribution in [0.2, 0.25) is 0 Å². The van der Waals surface area contributed by atoms with Crippen LogP contribution in [0.5, 0.6) is 0 Å². The second kappa shape index (κ2) is 33.3. The smallest absolute Gasteiger partial charge is 0.244 e. The second-order valence-corrected chi connectivity index (χ2v) is 16.4. The molecule has 0 aliphatic carbocycles. The van der Waals surface area contributed by atoms with Gasteiger partial charge in [-0.15, -0.1) is 20.4 Å². The maximum atomic E-state index is 5.86. The summed E-state index contributed by atoms with van der Waals surface area (Å²) < 4.78 is 6.30. The van der Waals surface area contributed by atoms with E-state index in [1.807, 2.05) is 229 Å². The van der Waals surface area contributed by atoms with E-state index in [1.54, 1.807) is 9.36 Å². The third-order valence-electron chi connectivity index (χ3n) is 11.1. The number of hydrogen-bond donors (Lipinski definition) is 8. The van der Waals surface area contributed by atoms with E-state index in [4.69, 9.17) is 22.9 Å². The average Bonchev–Trinajstić information content (AvgIpc) is 4.51. The molecular formula is C60H80N24. The molecule has 12 rings (SSSR count). The van der Waals surface area contributed by atoms with Crippen LogP contribution in [0.25, 0.3) is 66.9 Å². The van der Waals surface area contributed by atoms with Gasteiger partial charge in [0.15, 0.2) is 23.3 Å². The number of fused-ring (bicyclic) bond motifs is 4. The third-order valence-corrected chi connectivity index (χ3v) is 11.1. The van der Waals surface area contributed by atoms with Crippen LogP contribution in [0.1, 0.15) is 83.1 Å². The van der Waals surface area contributed by atoms with Crippen LogP contribution in [0.3, 0.4) is 0 Å². The van der Waals surface area contributed by atoms with Gasteiger partial charge >= 0.3 is 0 Å². The van der Waals surface area contributed by atoms with Gasteiger partial charge in [-0.05, 0) is 100 Å². The zero-order valence-electron chi connectivity index (χ0n) is 50.1. The number of hydrogen-bond acceptors (Lipinski definition) is 20. The van der Waals surface area contributed by atoms with E-state index in [9.17, 15) is 0 Å². The number of benzene rings is 4. The minimum absolute atomic E-state index is 0.228. The van der Waals surface area contributed by atoms with Crippen molar-refractivity contribution in [2.45, 2.75) is 83.1 Å². The highest BCUT2D eigenvalue weighted by molar-refractivity contribution is 5.81. The van der Waals surface area contributed by atoms with Crippen molar-refractivity contribution in [1.29, 1.82) is 0 Å². The molecule has 12 aromatic rings. The van der Waals surface area contributed by atoms with E-state index in [-0.39, 0.29) is 11.9 Å². The Bertz CT molecular complexity index is 3630. The Morgan fingerprint density at radius 3 is 0.833 bits per heavy atom. The van der Waals surface area contributed by atoms with Crippen molar-refractivity contribution in [2.24, 2.45) is 0 Å². The zero-order valence-corrected chi connectivity index (χ0v) is 50.1.